The summed E-state index contributed by atoms with van der Waals surface area (Å²) in [5.74, 6) is 0. The van der Waals surface area contributed by atoms with E-state index < -0.39 is 10.0 Å². The third-order valence-electron chi connectivity index (χ3n) is 3.47. The molecule has 0 spiro atoms. The summed E-state index contributed by atoms with van der Waals surface area (Å²) in [6, 6.07) is 0. The van der Waals surface area contributed by atoms with Crippen molar-refractivity contribution in [2.75, 3.05) is 6.26 Å². The first-order chi connectivity index (χ1) is 11.0. The van der Waals surface area contributed by atoms with Crippen LogP contribution in [0.15, 0.2) is 107 Å². The van der Waals surface area contributed by atoms with Gasteiger partial charge in [0.2, 0.25) is 0 Å². The van der Waals surface area contributed by atoms with Gasteiger partial charge in [0.1, 0.15) is 0 Å². The maximum absolute atomic E-state index is 3.88. The van der Waals surface area contributed by atoms with Crippen molar-refractivity contribution in [3.8, 4) is 0 Å². The second-order valence-electron chi connectivity index (χ2n) is 4.91. The van der Waals surface area contributed by atoms with E-state index in [0.717, 1.165) is 0 Å². The lowest BCUT2D eigenvalue weighted by molar-refractivity contribution is 1.59. The van der Waals surface area contributed by atoms with Crippen LogP contribution in [0.5, 0.6) is 0 Å². The van der Waals surface area contributed by atoms with Crippen molar-refractivity contribution < 1.29 is 0 Å². The largest absolute Gasteiger partial charge is 0.168 e. The van der Waals surface area contributed by atoms with E-state index in [9.17, 15) is 0 Å². The highest BCUT2D eigenvalue weighted by Gasteiger charge is 2.26. The van der Waals surface area contributed by atoms with E-state index in [4.69, 9.17) is 0 Å². The fourth-order valence-corrected chi connectivity index (χ4v) is 5.02. The molecule has 0 aliphatic carbocycles. The van der Waals surface area contributed by atoms with Gasteiger partial charge >= 0.3 is 0 Å². The van der Waals surface area contributed by atoms with E-state index in [2.05, 4.69) is 82.4 Å². The van der Waals surface area contributed by atoms with Gasteiger partial charge in [0, 0.05) is 0 Å². The maximum atomic E-state index is 3.88. The molecule has 0 fully saturated rings. The Kier molecular flexibility index (Phi) is 10.6. The minimum atomic E-state index is -1.34. The molecule has 0 bridgehead atoms. The van der Waals surface area contributed by atoms with Gasteiger partial charge in [-0.3, -0.25) is 0 Å². The summed E-state index contributed by atoms with van der Waals surface area (Å²) in [5.41, 5.74) is 0. The maximum Gasteiger partial charge on any atom is -0.00244 e. The van der Waals surface area contributed by atoms with Gasteiger partial charge < -0.3 is 0 Å². The topological polar surface area (TPSA) is 0 Å². The first kappa shape index (κ1) is 21.0. The predicted octanol–water partition coefficient (Wildman–Crippen LogP) is 7.36. The molecular formula is C22H30S. The zero-order valence-electron chi connectivity index (χ0n) is 15.0. The summed E-state index contributed by atoms with van der Waals surface area (Å²) >= 11 is 0. The molecule has 0 saturated carbocycles. The molecule has 0 aromatic rings. The van der Waals surface area contributed by atoms with Gasteiger partial charge in [-0.1, -0.05) is 80.5 Å². The number of rotatable bonds is 9. The molecule has 0 amide bonds. The van der Waals surface area contributed by atoms with Crippen molar-refractivity contribution >= 4 is 10.0 Å². The fraction of sp³-hybridized carbons (Fsp3) is 0.182. The Balaban J connectivity index is 6.47. The first-order valence-electron chi connectivity index (χ1n) is 7.68. The van der Waals surface area contributed by atoms with E-state index in [1.54, 1.807) is 6.08 Å². The third kappa shape index (κ3) is 5.96. The van der Waals surface area contributed by atoms with Crippen LogP contribution in [0, 0.1) is 0 Å². The molecule has 0 aliphatic heterocycles. The second kappa shape index (κ2) is 11.6. The van der Waals surface area contributed by atoms with Crippen molar-refractivity contribution in [2.45, 2.75) is 20.8 Å². The Morgan fingerprint density at radius 3 is 1.78 bits per heavy atom. The van der Waals surface area contributed by atoms with E-state index in [0.29, 0.717) is 0 Å². The molecule has 0 N–H and O–H groups in total. The van der Waals surface area contributed by atoms with Crippen LogP contribution in [0.3, 0.4) is 0 Å². The number of hydrogen-bond acceptors (Lipinski definition) is 0. The molecule has 0 nitrogen and oxygen atoms in total. The monoisotopic (exact) mass is 326 g/mol. The van der Waals surface area contributed by atoms with Crippen LogP contribution in [-0.2, 0) is 0 Å². The van der Waals surface area contributed by atoms with Crippen LogP contribution in [0.2, 0.25) is 0 Å². The Morgan fingerprint density at radius 2 is 1.35 bits per heavy atom. The molecule has 0 aromatic heterocycles. The zero-order chi connectivity index (χ0) is 17.7. The van der Waals surface area contributed by atoms with Gasteiger partial charge in [0.15, 0.2) is 0 Å². The van der Waals surface area contributed by atoms with Gasteiger partial charge in [-0.15, -0.1) is 0 Å². The smallest absolute Gasteiger partial charge is 0.00244 e. The van der Waals surface area contributed by atoms with Crippen LogP contribution < -0.4 is 0 Å². The first-order valence-corrected chi connectivity index (χ1v) is 9.72. The molecule has 23 heavy (non-hydrogen) atoms. The molecule has 1 heteroatoms. The molecule has 0 rings (SSSR count). The summed E-state index contributed by atoms with van der Waals surface area (Å²) in [7, 11) is -1.34. The molecule has 1 unspecified atom stereocenters. The van der Waals surface area contributed by atoms with Crippen LogP contribution in [0.4, 0.5) is 0 Å². The van der Waals surface area contributed by atoms with Gasteiger partial charge in [0.05, 0.1) is 0 Å². The molecule has 1 atom stereocenters. The number of hydrogen-bond donors (Lipinski definition) is 0. The van der Waals surface area contributed by atoms with Crippen molar-refractivity contribution in [2.24, 2.45) is 0 Å². The summed E-state index contributed by atoms with van der Waals surface area (Å²) in [6.45, 7) is 17.8. The lowest BCUT2D eigenvalue weighted by atomic mass is 10.4. The van der Waals surface area contributed by atoms with Crippen molar-refractivity contribution in [3.63, 3.8) is 0 Å². The predicted molar refractivity (Wildman–Crippen MR) is 113 cm³/mol. The number of allylic oxidation sites excluding steroid dienone is 13. The SMILES string of the molecule is C=C/C=C\C(=C/C)S(C)(/C(C)=C/C=C\C)C(/C=C\C=C)=C/C=C. The highest BCUT2D eigenvalue weighted by atomic mass is 32.3. The van der Waals surface area contributed by atoms with E-state index >= 15 is 0 Å². The summed E-state index contributed by atoms with van der Waals surface area (Å²) in [6.07, 6.45) is 26.6. The van der Waals surface area contributed by atoms with Crippen LogP contribution in [-0.4, -0.2) is 6.26 Å². The molecular weight excluding hydrogens is 296 g/mol. The van der Waals surface area contributed by atoms with E-state index in [1.807, 2.05) is 31.2 Å². The average Bonchev–Trinajstić information content (AvgIpc) is 2.56. The third-order valence-corrected chi connectivity index (χ3v) is 7.42. The van der Waals surface area contributed by atoms with Gasteiger partial charge in [-0.2, -0.15) is 10.0 Å². The summed E-state index contributed by atoms with van der Waals surface area (Å²) in [4.78, 5) is 3.86. The molecule has 0 radical (unpaired) electrons. The fourth-order valence-electron chi connectivity index (χ4n) is 2.11. The van der Waals surface area contributed by atoms with Crippen LogP contribution in [0.25, 0.3) is 0 Å². The Labute approximate surface area is 144 Å². The average molecular weight is 327 g/mol. The van der Waals surface area contributed by atoms with Crippen LogP contribution >= 0.6 is 10.0 Å². The lowest BCUT2D eigenvalue weighted by Gasteiger charge is -2.40. The standard InChI is InChI=1S/C22H30S/c1-8-13-17-20(6)23(7,21(12-5)18-14-9-2)22(16-11-4)19-15-10-3/h8-19H,2-4H2,1,5-7H3/b13-8-,18-14-,19-15-,20-17+,21-12+,22-16+. The normalized spacial score (nSPS) is 18.3. The van der Waals surface area contributed by atoms with Gasteiger partial charge in [-0.25, -0.2) is 0 Å². The molecule has 0 aliphatic rings. The Bertz CT molecular complexity index is 591. The zero-order valence-corrected chi connectivity index (χ0v) is 15.8. The minimum absolute atomic E-state index is 1.24. The van der Waals surface area contributed by atoms with Crippen LogP contribution in [0.1, 0.15) is 20.8 Å². The van der Waals surface area contributed by atoms with E-state index in [-0.39, 0.29) is 0 Å². The van der Waals surface area contributed by atoms with Crippen molar-refractivity contribution in [1.29, 1.82) is 0 Å². The highest BCUT2D eigenvalue weighted by molar-refractivity contribution is 8.42. The van der Waals surface area contributed by atoms with Gasteiger partial charge in [0.25, 0.3) is 0 Å². The second-order valence-corrected chi connectivity index (χ2v) is 8.33. The molecule has 0 saturated heterocycles. The van der Waals surface area contributed by atoms with Gasteiger partial charge in [-0.05, 0) is 53.9 Å². The van der Waals surface area contributed by atoms with Crippen molar-refractivity contribution in [1.82, 2.24) is 0 Å². The molecule has 0 aromatic carbocycles. The van der Waals surface area contributed by atoms with E-state index in [1.165, 1.54) is 14.7 Å². The molecule has 0 heterocycles. The lowest BCUT2D eigenvalue weighted by Crippen LogP contribution is -2.04. The molecule has 124 valence electrons. The Hall–Kier alpha value is -1.99. The minimum Gasteiger partial charge on any atom is -0.168 e. The summed E-state index contributed by atoms with van der Waals surface area (Å²) in [5, 5.41) is 0. The highest BCUT2D eigenvalue weighted by Crippen LogP contribution is 2.65. The van der Waals surface area contributed by atoms with Crippen molar-refractivity contribution in [3.05, 3.63) is 107 Å². The summed E-state index contributed by atoms with van der Waals surface area (Å²) < 4.78 is 0. The Morgan fingerprint density at radius 1 is 0.783 bits per heavy atom. The quantitative estimate of drug-likeness (QED) is 0.388.